The number of hydrogen-bond donors (Lipinski definition) is 2. The Morgan fingerprint density at radius 3 is 2.70 bits per heavy atom. The quantitative estimate of drug-likeness (QED) is 0.473. The normalized spacial score (nSPS) is 12.5. The summed E-state index contributed by atoms with van der Waals surface area (Å²) >= 11 is 5.57. The van der Waals surface area contributed by atoms with Crippen LogP contribution in [0.2, 0.25) is 5.02 Å². The van der Waals surface area contributed by atoms with E-state index in [0.717, 1.165) is 12.1 Å². The fraction of sp³-hybridized carbons (Fsp3) is 0.364. The number of benzene rings is 1. The van der Waals surface area contributed by atoms with Gasteiger partial charge in [-0.1, -0.05) is 11.6 Å². The summed E-state index contributed by atoms with van der Waals surface area (Å²) in [6.07, 6.45) is 0. The van der Waals surface area contributed by atoms with Crippen LogP contribution in [0, 0.1) is 5.82 Å². The summed E-state index contributed by atoms with van der Waals surface area (Å²) in [5.41, 5.74) is 5.54. The molecule has 0 aromatic heterocycles. The lowest BCUT2D eigenvalue weighted by Gasteiger charge is -2.11. The van der Waals surface area contributed by atoms with Gasteiger partial charge in [0.2, 0.25) is 10.0 Å². The van der Waals surface area contributed by atoms with Crippen molar-refractivity contribution in [3.05, 3.63) is 29.0 Å². The lowest BCUT2D eigenvalue weighted by Crippen LogP contribution is -2.32. The van der Waals surface area contributed by atoms with Gasteiger partial charge in [-0.2, -0.15) is 0 Å². The van der Waals surface area contributed by atoms with Crippen LogP contribution in [0.1, 0.15) is 0 Å². The molecule has 0 aliphatic carbocycles. The second kappa shape index (κ2) is 6.87. The van der Waals surface area contributed by atoms with Crippen molar-refractivity contribution in [3.63, 3.8) is 0 Å². The first-order chi connectivity index (χ1) is 9.24. The van der Waals surface area contributed by atoms with E-state index in [4.69, 9.17) is 17.3 Å². The SMILES string of the molecule is CN(C)C(N)=NCCNS(=O)(=O)c1ccc(Cl)cc1F. The summed E-state index contributed by atoms with van der Waals surface area (Å²) in [5.74, 6) is -0.622. The number of hydrogen-bond acceptors (Lipinski definition) is 3. The number of sulfonamides is 1. The van der Waals surface area contributed by atoms with Gasteiger partial charge in [-0.05, 0) is 18.2 Å². The molecule has 0 radical (unpaired) electrons. The van der Waals surface area contributed by atoms with Crippen LogP contribution < -0.4 is 10.5 Å². The van der Waals surface area contributed by atoms with E-state index in [9.17, 15) is 12.8 Å². The third-order valence-electron chi connectivity index (χ3n) is 2.32. The van der Waals surface area contributed by atoms with Crippen molar-refractivity contribution in [2.75, 3.05) is 27.2 Å². The molecule has 20 heavy (non-hydrogen) atoms. The first-order valence-electron chi connectivity index (χ1n) is 5.66. The molecule has 6 nitrogen and oxygen atoms in total. The predicted octanol–water partition coefficient (Wildman–Crippen LogP) is 0.634. The van der Waals surface area contributed by atoms with Crippen molar-refractivity contribution < 1.29 is 12.8 Å². The third-order valence-corrected chi connectivity index (χ3v) is 4.05. The number of guanidine groups is 1. The summed E-state index contributed by atoms with van der Waals surface area (Å²) in [4.78, 5) is 5.07. The number of nitrogens with zero attached hydrogens (tertiary/aromatic N) is 2. The molecule has 1 rings (SSSR count). The number of rotatable bonds is 5. The number of nitrogens with one attached hydrogen (secondary N) is 1. The van der Waals surface area contributed by atoms with Crippen LogP contribution in [0.3, 0.4) is 0 Å². The number of nitrogens with two attached hydrogens (primary N) is 1. The minimum Gasteiger partial charge on any atom is -0.370 e. The summed E-state index contributed by atoms with van der Waals surface area (Å²) < 4.78 is 39.5. The summed E-state index contributed by atoms with van der Waals surface area (Å²) in [6, 6.07) is 3.36. The van der Waals surface area contributed by atoms with Gasteiger partial charge in [-0.25, -0.2) is 17.5 Å². The van der Waals surface area contributed by atoms with Gasteiger partial charge >= 0.3 is 0 Å². The lowest BCUT2D eigenvalue weighted by atomic mass is 10.3. The molecule has 0 fully saturated rings. The lowest BCUT2D eigenvalue weighted by molar-refractivity contribution is 0.557. The van der Waals surface area contributed by atoms with Crippen molar-refractivity contribution >= 4 is 27.6 Å². The van der Waals surface area contributed by atoms with E-state index < -0.39 is 20.7 Å². The zero-order chi connectivity index (χ0) is 15.3. The zero-order valence-corrected chi connectivity index (χ0v) is 12.7. The van der Waals surface area contributed by atoms with Gasteiger partial charge in [0.25, 0.3) is 0 Å². The van der Waals surface area contributed by atoms with Crippen molar-refractivity contribution in [1.29, 1.82) is 0 Å². The first-order valence-corrected chi connectivity index (χ1v) is 7.52. The van der Waals surface area contributed by atoms with Crippen LogP contribution in [0.15, 0.2) is 28.1 Å². The molecule has 0 unspecified atom stereocenters. The van der Waals surface area contributed by atoms with E-state index in [2.05, 4.69) is 9.71 Å². The molecule has 0 heterocycles. The van der Waals surface area contributed by atoms with Crippen LogP contribution in [0.4, 0.5) is 4.39 Å². The van der Waals surface area contributed by atoms with Crippen LogP contribution in [-0.2, 0) is 10.0 Å². The van der Waals surface area contributed by atoms with Crippen molar-refractivity contribution in [1.82, 2.24) is 9.62 Å². The van der Waals surface area contributed by atoms with Crippen molar-refractivity contribution in [2.24, 2.45) is 10.7 Å². The predicted molar refractivity (Wildman–Crippen MR) is 76.8 cm³/mol. The second-order valence-corrected chi connectivity index (χ2v) is 6.28. The molecule has 1 aromatic rings. The van der Waals surface area contributed by atoms with Gasteiger partial charge in [-0.3, -0.25) is 4.99 Å². The summed E-state index contributed by atoms with van der Waals surface area (Å²) in [7, 11) is -0.504. The second-order valence-electron chi connectivity index (χ2n) is 4.11. The first kappa shape index (κ1) is 16.7. The maximum atomic E-state index is 13.5. The average molecular weight is 323 g/mol. The monoisotopic (exact) mass is 322 g/mol. The molecule has 0 amide bonds. The fourth-order valence-electron chi connectivity index (χ4n) is 1.26. The van der Waals surface area contributed by atoms with E-state index >= 15 is 0 Å². The Kier molecular flexibility index (Phi) is 5.73. The molecule has 9 heteroatoms. The Hall–Kier alpha value is -1.38. The Bertz CT molecular complexity index is 604. The summed E-state index contributed by atoms with van der Waals surface area (Å²) in [6.45, 7) is 0.164. The Balaban J connectivity index is 2.69. The topological polar surface area (TPSA) is 87.8 Å². The van der Waals surface area contributed by atoms with Gasteiger partial charge in [0.15, 0.2) is 5.96 Å². The van der Waals surface area contributed by atoms with E-state index in [1.54, 1.807) is 19.0 Å². The van der Waals surface area contributed by atoms with Crippen molar-refractivity contribution in [2.45, 2.75) is 4.90 Å². The standard InChI is InChI=1S/C11H16ClFN4O2S/c1-17(2)11(14)15-5-6-16-20(18,19)10-4-3-8(12)7-9(10)13/h3-4,7,16H,5-6H2,1-2H3,(H2,14,15). The third kappa shape index (κ3) is 4.62. The van der Waals surface area contributed by atoms with Gasteiger partial charge in [0, 0.05) is 25.7 Å². The van der Waals surface area contributed by atoms with Gasteiger partial charge in [0.1, 0.15) is 10.7 Å². The number of halogens is 2. The smallest absolute Gasteiger partial charge is 0.243 e. The maximum absolute atomic E-state index is 13.5. The van der Waals surface area contributed by atoms with Crippen LogP contribution >= 0.6 is 11.6 Å². The van der Waals surface area contributed by atoms with Crippen molar-refractivity contribution in [3.8, 4) is 0 Å². The highest BCUT2D eigenvalue weighted by Crippen LogP contribution is 2.18. The average Bonchev–Trinajstić information content (AvgIpc) is 2.33. The minimum atomic E-state index is -3.93. The number of aliphatic imine (C=N–C) groups is 1. The molecular formula is C11H16ClFN4O2S. The Labute approximate surface area is 122 Å². The highest BCUT2D eigenvalue weighted by molar-refractivity contribution is 7.89. The highest BCUT2D eigenvalue weighted by atomic mass is 35.5. The van der Waals surface area contributed by atoms with Gasteiger partial charge < -0.3 is 10.6 Å². The molecular weight excluding hydrogens is 307 g/mol. The van der Waals surface area contributed by atoms with Crippen LogP contribution in [0.25, 0.3) is 0 Å². The van der Waals surface area contributed by atoms with E-state index in [1.807, 2.05) is 0 Å². The molecule has 0 spiro atoms. The molecule has 3 N–H and O–H groups in total. The van der Waals surface area contributed by atoms with Crippen LogP contribution in [-0.4, -0.2) is 46.5 Å². The largest absolute Gasteiger partial charge is 0.370 e. The molecule has 0 saturated carbocycles. The minimum absolute atomic E-state index is 0.0128. The Morgan fingerprint density at radius 1 is 1.50 bits per heavy atom. The zero-order valence-electron chi connectivity index (χ0n) is 11.1. The van der Waals surface area contributed by atoms with E-state index in [0.29, 0.717) is 0 Å². The van der Waals surface area contributed by atoms with E-state index in [1.165, 1.54) is 6.07 Å². The molecule has 0 bridgehead atoms. The van der Waals surface area contributed by atoms with Gasteiger partial charge in [-0.15, -0.1) is 0 Å². The molecule has 1 aromatic carbocycles. The molecule has 0 aliphatic rings. The molecule has 0 aliphatic heterocycles. The fourth-order valence-corrected chi connectivity index (χ4v) is 2.50. The summed E-state index contributed by atoms with van der Waals surface area (Å²) in [5, 5.41) is 0.129. The molecule has 0 saturated heterocycles. The molecule has 0 atom stereocenters. The maximum Gasteiger partial charge on any atom is 0.243 e. The molecule has 112 valence electrons. The van der Waals surface area contributed by atoms with Gasteiger partial charge in [0.05, 0.1) is 6.54 Å². The van der Waals surface area contributed by atoms with E-state index in [-0.39, 0.29) is 24.1 Å². The highest BCUT2D eigenvalue weighted by Gasteiger charge is 2.18. The van der Waals surface area contributed by atoms with Crippen LogP contribution in [0.5, 0.6) is 0 Å². The Morgan fingerprint density at radius 2 is 2.15 bits per heavy atom.